The molecule has 1 radical (unpaired) electrons. The van der Waals surface area contributed by atoms with Crippen LogP contribution in [0.25, 0.3) is 32.8 Å². The standard InChI is InChI=1S/C23H20N.C13H24O2.Ir/c1-14-5-7-21-18(10-14)6-8-20-17(4)13-24-23(22(20)21)19-11-15(2)9-16(3)12-19;1-7-12(3,4)10(14)9-11(15)13(5,6)8-2;/h5-11,13H,1-4H3;9,14H,7-8H2,1-6H3;/q-1;;/b;10-9-;. The Balaban J connectivity index is 0.000000307. The van der Waals surface area contributed by atoms with Crippen LogP contribution in [0.1, 0.15) is 76.6 Å². The summed E-state index contributed by atoms with van der Waals surface area (Å²) in [5.74, 6) is 0.195. The van der Waals surface area contributed by atoms with Gasteiger partial charge in [-0.05, 0) is 59.5 Å². The van der Waals surface area contributed by atoms with Crippen LogP contribution in [0.5, 0.6) is 0 Å². The maximum atomic E-state index is 11.8. The molecule has 4 heteroatoms. The number of nitrogens with zero attached hydrogens (tertiary/aromatic N) is 1. The number of pyridine rings is 1. The van der Waals surface area contributed by atoms with E-state index in [0.717, 1.165) is 29.7 Å². The second kappa shape index (κ2) is 13.2. The molecule has 1 heterocycles. The Morgan fingerprint density at radius 2 is 1.50 bits per heavy atom. The van der Waals surface area contributed by atoms with E-state index in [1.54, 1.807) is 0 Å². The Labute approximate surface area is 254 Å². The summed E-state index contributed by atoms with van der Waals surface area (Å²) < 4.78 is 0. The van der Waals surface area contributed by atoms with Crippen LogP contribution < -0.4 is 0 Å². The second-order valence-electron chi connectivity index (χ2n) is 12.1. The molecule has 0 atom stereocenters. The summed E-state index contributed by atoms with van der Waals surface area (Å²) in [6.07, 6.45) is 4.97. The normalized spacial score (nSPS) is 12.1. The number of carbonyl (C=O) groups excluding carboxylic acids is 1. The molecule has 3 nitrogen and oxygen atoms in total. The SMILES string of the molecule is CCC(C)(C)C(=O)/C=C(\O)C(C)(C)CC.Cc1[c-]c(-c2ncc(C)c3ccc4cc(C)ccc4c23)cc(C)c1.[Ir]. The molecular formula is C36H44IrNO2-. The van der Waals surface area contributed by atoms with Gasteiger partial charge in [0.1, 0.15) is 5.76 Å². The minimum absolute atomic E-state index is 0. The molecule has 4 rings (SSSR count). The van der Waals surface area contributed by atoms with Crippen LogP contribution in [0.15, 0.2) is 60.5 Å². The molecule has 215 valence electrons. The molecule has 0 amide bonds. The molecule has 1 aromatic heterocycles. The average molecular weight is 715 g/mol. The predicted molar refractivity (Wildman–Crippen MR) is 166 cm³/mol. The number of aliphatic hydroxyl groups is 1. The van der Waals surface area contributed by atoms with Gasteiger partial charge in [-0.1, -0.05) is 91.3 Å². The molecule has 0 fully saturated rings. The van der Waals surface area contributed by atoms with Gasteiger partial charge in [0, 0.05) is 43.2 Å². The maximum Gasteiger partial charge on any atom is 0.164 e. The van der Waals surface area contributed by atoms with Crippen molar-refractivity contribution in [3.8, 4) is 11.3 Å². The molecule has 0 aliphatic rings. The number of aliphatic hydroxyl groups excluding tert-OH is 1. The summed E-state index contributed by atoms with van der Waals surface area (Å²) in [4.78, 5) is 16.6. The average Bonchev–Trinajstić information content (AvgIpc) is 2.88. The van der Waals surface area contributed by atoms with Crippen molar-refractivity contribution in [2.75, 3.05) is 0 Å². The Kier molecular flexibility index (Phi) is 11.0. The van der Waals surface area contributed by atoms with Gasteiger partial charge in [0.2, 0.25) is 0 Å². The number of fused-ring (bicyclic) bond motifs is 3. The van der Waals surface area contributed by atoms with Gasteiger partial charge in [0.05, 0.1) is 0 Å². The first-order valence-corrected chi connectivity index (χ1v) is 14.0. The molecule has 0 aliphatic carbocycles. The molecule has 4 aromatic rings. The number of ketones is 1. The molecule has 0 saturated heterocycles. The van der Waals surface area contributed by atoms with Gasteiger partial charge >= 0.3 is 0 Å². The van der Waals surface area contributed by atoms with E-state index in [9.17, 15) is 9.90 Å². The molecule has 0 saturated carbocycles. The Morgan fingerprint density at radius 1 is 0.875 bits per heavy atom. The quantitative estimate of drug-likeness (QED) is 0.0937. The zero-order valence-electron chi connectivity index (χ0n) is 25.7. The van der Waals surface area contributed by atoms with Crippen molar-refractivity contribution >= 4 is 27.3 Å². The van der Waals surface area contributed by atoms with Crippen LogP contribution in [0, 0.1) is 44.6 Å². The summed E-state index contributed by atoms with van der Waals surface area (Å²) in [7, 11) is 0. The monoisotopic (exact) mass is 715 g/mol. The molecule has 0 spiro atoms. The molecule has 3 aromatic carbocycles. The number of hydrogen-bond donors (Lipinski definition) is 1. The third kappa shape index (κ3) is 7.47. The minimum atomic E-state index is -0.377. The fraction of sp³-hybridized carbons (Fsp3) is 0.389. The Hall–Kier alpha value is -2.81. The van der Waals surface area contributed by atoms with Crippen LogP contribution in [0.4, 0.5) is 0 Å². The van der Waals surface area contributed by atoms with Crippen molar-refractivity contribution in [1.82, 2.24) is 4.98 Å². The zero-order chi connectivity index (χ0) is 29.1. The molecule has 1 N–H and O–H groups in total. The van der Waals surface area contributed by atoms with E-state index in [0.29, 0.717) is 0 Å². The smallest absolute Gasteiger partial charge is 0.164 e. The largest absolute Gasteiger partial charge is 0.512 e. The second-order valence-corrected chi connectivity index (χ2v) is 12.1. The van der Waals surface area contributed by atoms with E-state index in [1.807, 2.05) is 47.7 Å². The first-order chi connectivity index (χ1) is 18.2. The van der Waals surface area contributed by atoms with Crippen molar-refractivity contribution in [2.45, 2.75) is 82.1 Å². The molecular weight excluding hydrogens is 671 g/mol. The van der Waals surface area contributed by atoms with E-state index in [4.69, 9.17) is 4.98 Å². The van der Waals surface area contributed by atoms with E-state index in [2.05, 4.69) is 76.2 Å². The molecule has 0 unspecified atom stereocenters. The van der Waals surface area contributed by atoms with Gasteiger partial charge in [-0.15, -0.1) is 34.9 Å². The third-order valence-corrected chi connectivity index (χ3v) is 8.02. The number of aromatic nitrogens is 1. The number of aryl methyl sites for hydroxylation is 4. The van der Waals surface area contributed by atoms with Crippen molar-refractivity contribution < 1.29 is 30.0 Å². The van der Waals surface area contributed by atoms with Crippen molar-refractivity contribution in [2.24, 2.45) is 10.8 Å². The van der Waals surface area contributed by atoms with E-state index >= 15 is 0 Å². The van der Waals surface area contributed by atoms with Crippen molar-refractivity contribution in [3.63, 3.8) is 0 Å². The van der Waals surface area contributed by atoms with Crippen molar-refractivity contribution in [1.29, 1.82) is 0 Å². The first kappa shape index (κ1) is 33.4. The van der Waals surface area contributed by atoms with E-state index < -0.39 is 0 Å². The fourth-order valence-corrected chi connectivity index (χ4v) is 4.43. The number of carbonyl (C=O) groups is 1. The number of allylic oxidation sites excluding steroid dienone is 2. The van der Waals surface area contributed by atoms with Crippen LogP contribution in [0.2, 0.25) is 0 Å². The predicted octanol–water partition coefficient (Wildman–Crippen LogP) is 9.96. The van der Waals surface area contributed by atoms with Crippen LogP contribution in [-0.2, 0) is 24.9 Å². The maximum absolute atomic E-state index is 11.8. The fourth-order valence-electron chi connectivity index (χ4n) is 4.43. The van der Waals surface area contributed by atoms with Gasteiger partial charge in [-0.2, -0.15) is 0 Å². The number of rotatable bonds is 6. The third-order valence-electron chi connectivity index (χ3n) is 8.02. The van der Waals surface area contributed by atoms with E-state index in [-0.39, 0.29) is 42.5 Å². The summed E-state index contributed by atoms with van der Waals surface area (Å²) in [5.41, 5.74) is 6.30. The van der Waals surface area contributed by atoms with Gasteiger partial charge in [0.25, 0.3) is 0 Å². The molecule has 0 bridgehead atoms. The minimum Gasteiger partial charge on any atom is -0.512 e. The van der Waals surface area contributed by atoms with Crippen molar-refractivity contribution in [3.05, 3.63) is 88.8 Å². The first-order valence-electron chi connectivity index (χ1n) is 14.0. The van der Waals surface area contributed by atoms with Gasteiger partial charge in [-0.3, -0.25) is 4.79 Å². The molecule has 40 heavy (non-hydrogen) atoms. The van der Waals surface area contributed by atoms with E-state index in [1.165, 1.54) is 44.3 Å². The van der Waals surface area contributed by atoms with Crippen LogP contribution >= 0.6 is 0 Å². The summed E-state index contributed by atoms with van der Waals surface area (Å²) in [5, 5.41) is 14.9. The van der Waals surface area contributed by atoms with Gasteiger partial charge in [-0.25, -0.2) is 0 Å². The summed E-state index contributed by atoms with van der Waals surface area (Å²) >= 11 is 0. The number of benzene rings is 3. The topological polar surface area (TPSA) is 50.2 Å². The molecule has 0 aliphatic heterocycles. The van der Waals surface area contributed by atoms with Gasteiger partial charge < -0.3 is 10.1 Å². The van der Waals surface area contributed by atoms with Gasteiger partial charge in [0.15, 0.2) is 5.78 Å². The summed E-state index contributed by atoms with van der Waals surface area (Å²) in [6, 6.07) is 18.9. The Morgan fingerprint density at radius 3 is 2.10 bits per heavy atom. The van der Waals surface area contributed by atoms with Crippen LogP contribution in [-0.4, -0.2) is 15.9 Å². The van der Waals surface area contributed by atoms with Crippen LogP contribution in [0.3, 0.4) is 0 Å². The number of hydrogen-bond acceptors (Lipinski definition) is 3. The Bertz CT molecular complexity index is 1530. The summed E-state index contributed by atoms with van der Waals surface area (Å²) in [6.45, 7) is 20.1. The zero-order valence-corrected chi connectivity index (χ0v) is 28.1.